The highest BCUT2D eigenvalue weighted by Crippen LogP contribution is 2.24. The van der Waals surface area contributed by atoms with Crippen molar-refractivity contribution in [3.63, 3.8) is 0 Å². The van der Waals surface area contributed by atoms with Crippen molar-refractivity contribution < 1.29 is 22.7 Å². The van der Waals surface area contributed by atoms with Crippen LogP contribution in [-0.2, 0) is 26.8 Å². The molecule has 0 saturated carbocycles. The van der Waals surface area contributed by atoms with Crippen molar-refractivity contribution in [1.29, 1.82) is 0 Å². The van der Waals surface area contributed by atoms with Gasteiger partial charge in [0.25, 0.3) is 11.8 Å². The van der Waals surface area contributed by atoms with E-state index in [2.05, 4.69) is 43.8 Å². The van der Waals surface area contributed by atoms with Crippen molar-refractivity contribution in [3.05, 3.63) is 65.2 Å². The van der Waals surface area contributed by atoms with Gasteiger partial charge >= 0.3 is 0 Å². The summed E-state index contributed by atoms with van der Waals surface area (Å²) in [6, 6.07) is 14.0. The van der Waals surface area contributed by atoms with E-state index in [1.807, 2.05) is 12.1 Å². The molecule has 2 aromatic rings. The zero-order valence-electron chi connectivity index (χ0n) is 20.1. The number of carbonyl (C=O) groups excluding carboxylic acids is 2. The van der Waals surface area contributed by atoms with E-state index < -0.39 is 27.9 Å². The van der Waals surface area contributed by atoms with Gasteiger partial charge in [-0.2, -0.15) is 4.31 Å². The maximum absolute atomic E-state index is 12.5. The molecule has 0 aromatic heterocycles. The van der Waals surface area contributed by atoms with Gasteiger partial charge in [-0.25, -0.2) is 8.42 Å². The molecule has 9 heteroatoms. The van der Waals surface area contributed by atoms with Crippen molar-refractivity contribution >= 4 is 21.8 Å². The Hall–Kier alpha value is -2.91. The molecule has 8 nitrogen and oxygen atoms in total. The van der Waals surface area contributed by atoms with Crippen LogP contribution in [-0.4, -0.2) is 43.4 Å². The summed E-state index contributed by atoms with van der Waals surface area (Å²) in [4.78, 5) is 24.9. The lowest BCUT2D eigenvalue weighted by Gasteiger charge is -2.32. The fourth-order valence-corrected chi connectivity index (χ4v) is 4.93. The SMILES string of the molecule is CC(C)(C)c1ccc(OCc2ccc(C(=O)NNC(=O)C3CCCCN3S(C)(=O)=O)cc2)cc1. The number of carbonyl (C=O) groups is 2. The normalized spacial score (nSPS) is 17.1. The summed E-state index contributed by atoms with van der Waals surface area (Å²) in [6.07, 6.45) is 2.97. The summed E-state index contributed by atoms with van der Waals surface area (Å²) < 4.78 is 30.9. The van der Waals surface area contributed by atoms with Gasteiger partial charge in [0.15, 0.2) is 0 Å². The summed E-state index contributed by atoms with van der Waals surface area (Å²) in [5, 5.41) is 0. The molecule has 0 spiro atoms. The van der Waals surface area contributed by atoms with Gasteiger partial charge in [0.2, 0.25) is 10.0 Å². The van der Waals surface area contributed by atoms with Crippen LogP contribution in [0.2, 0.25) is 0 Å². The van der Waals surface area contributed by atoms with Gasteiger partial charge in [-0.3, -0.25) is 20.4 Å². The zero-order valence-corrected chi connectivity index (χ0v) is 20.9. The minimum Gasteiger partial charge on any atom is -0.489 e. The van der Waals surface area contributed by atoms with Crippen LogP contribution in [0, 0.1) is 0 Å². The van der Waals surface area contributed by atoms with Crippen LogP contribution >= 0.6 is 0 Å². The van der Waals surface area contributed by atoms with Crippen molar-refractivity contribution in [1.82, 2.24) is 15.2 Å². The van der Waals surface area contributed by atoms with Gasteiger partial charge < -0.3 is 4.74 Å². The molecule has 1 fully saturated rings. The Morgan fingerprint density at radius 3 is 2.24 bits per heavy atom. The average Bonchev–Trinajstić information content (AvgIpc) is 2.80. The number of nitrogens with one attached hydrogen (secondary N) is 2. The first kappa shape index (κ1) is 25.7. The Labute approximate surface area is 201 Å². The minimum absolute atomic E-state index is 0.0812. The van der Waals surface area contributed by atoms with Crippen LogP contribution in [0.4, 0.5) is 0 Å². The van der Waals surface area contributed by atoms with Crippen molar-refractivity contribution in [3.8, 4) is 5.75 Å². The Morgan fingerprint density at radius 2 is 1.65 bits per heavy atom. The molecule has 2 amide bonds. The van der Waals surface area contributed by atoms with E-state index in [-0.39, 0.29) is 5.41 Å². The number of piperidine rings is 1. The zero-order chi connectivity index (χ0) is 24.9. The van der Waals surface area contributed by atoms with Crippen molar-refractivity contribution in [2.24, 2.45) is 0 Å². The molecular weight excluding hydrogens is 454 g/mol. The lowest BCUT2D eigenvalue weighted by Crippen LogP contribution is -2.55. The van der Waals surface area contributed by atoms with Crippen LogP contribution in [0.25, 0.3) is 0 Å². The summed E-state index contributed by atoms with van der Waals surface area (Å²) in [5.41, 5.74) is 7.30. The molecule has 34 heavy (non-hydrogen) atoms. The Balaban J connectivity index is 1.51. The average molecular weight is 488 g/mol. The molecule has 0 bridgehead atoms. The van der Waals surface area contributed by atoms with Crippen LogP contribution in [0.1, 0.15) is 61.5 Å². The quantitative estimate of drug-likeness (QED) is 0.609. The number of benzene rings is 2. The Bertz CT molecular complexity index is 1110. The fourth-order valence-electron chi connectivity index (χ4n) is 3.81. The highest BCUT2D eigenvalue weighted by Gasteiger charge is 2.34. The second-order valence-corrected chi connectivity index (χ2v) is 11.5. The lowest BCUT2D eigenvalue weighted by atomic mass is 9.87. The second-order valence-electron chi connectivity index (χ2n) is 9.59. The second kappa shape index (κ2) is 10.6. The van der Waals surface area contributed by atoms with Gasteiger partial charge in [0.05, 0.1) is 6.26 Å². The largest absolute Gasteiger partial charge is 0.489 e. The van der Waals surface area contributed by atoms with Gasteiger partial charge in [-0.1, -0.05) is 51.5 Å². The molecule has 184 valence electrons. The molecule has 1 aliphatic rings. The molecule has 1 unspecified atom stereocenters. The first-order chi connectivity index (χ1) is 15.9. The summed E-state index contributed by atoms with van der Waals surface area (Å²) in [7, 11) is -3.50. The van der Waals surface area contributed by atoms with Crippen LogP contribution < -0.4 is 15.6 Å². The highest BCUT2D eigenvalue weighted by atomic mass is 32.2. The molecular formula is C25H33N3O5S. The van der Waals surface area contributed by atoms with Gasteiger partial charge in [0, 0.05) is 12.1 Å². The monoisotopic (exact) mass is 487 g/mol. The van der Waals surface area contributed by atoms with E-state index in [4.69, 9.17) is 4.74 Å². The van der Waals surface area contributed by atoms with E-state index in [1.165, 1.54) is 9.87 Å². The first-order valence-corrected chi connectivity index (χ1v) is 13.2. The first-order valence-electron chi connectivity index (χ1n) is 11.3. The molecule has 2 aromatic carbocycles. The maximum atomic E-state index is 12.5. The maximum Gasteiger partial charge on any atom is 0.269 e. The molecule has 1 atom stereocenters. The molecule has 0 aliphatic carbocycles. The van der Waals surface area contributed by atoms with Crippen molar-refractivity contribution in [2.45, 2.75) is 58.1 Å². The van der Waals surface area contributed by atoms with Crippen LogP contribution in [0.15, 0.2) is 48.5 Å². The third-order valence-corrected chi connectivity index (χ3v) is 7.11. The number of hydrogen-bond acceptors (Lipinski definition) is 5. The molecule has 1 heterocycles. The number of hydrogen-bond donors (Lipinski definition) is 2. The van der Waals surface area contributed by atoms with E-state index >= 15 is 0 Å². The minimum atomic E-state index is -3.50. The number of ether oxygens (including phenoxy) is 1. The topological polar surface area (TPSA) is 105 Å². The Morgan fingerprint density at radius 1 is 1.00 bits per heavy atom. The van der Waals surface area contributed by atoms with E-state index in [1.54, 1.807) is 24.3 Å². The Kier molecular flexibility index (Phi) is 7.99. The number of rotatable bonds is 6. The molecule has 1 saturated heterocycles. The molecule has 1 aliphatic heterocycles. The summed E-state index contributed by atoms with van der Waals surface area (Å²) >= 11 is 0. The van der Waals surface area contributed by atoms with Crippen LogP contribution in [0.3, 0.4) is 0 Å². The van der Waals surface area contributed by atoms with E-state index in [0.717, 1.165) is 24.0 Å². The van der Waals surface area contributed by atoms with Crippen LogP contribution in [0.5, 0.6) is 5.75 Å². The third kappa shape index (κ3) is 6.80. The predicted octanol–water partition coefficient (Wildman–Crippen LogP) is 3.14. The molecule has 2 N–H and O–H groups in total. The summed E-state index contributed by atoms with van der Waals surface area (Å²) in [6.45, 7) is 7.14. The lowest BCUT2D eigenvalue weighted by molar-refractivity contribution is -0.126. The number of nitrogens with zero attached hydrogens (tertiary/aromatic N) is 1. The van der Waals surface area contributed by atoms with Crippen molar-refractivity contribution in [2.75, 3.05) is 12.8 Å². The number of sulfonamides is 1. The highest BCUT2D eigenvalue weighted by molar-refractivity contribution is 7.88. The molecule has 0 radical (unpaired) electrons. The van der Waals surface area contributed by atoms with E-state index in [9.17, 15) is 18.0 Å². The van der Waals surface area contributed by atoms with Gasteiger partial charge in [-0.05, 0) is 53.6 Å². The fraction of sp³-hybridized carbons (Fsp3) is 0.440. The number of hydrazine groups is 1. The molecule has 3 rings (SSSR count). The standard InChI is InChI=1S/C25H33N3O5S/c1-25(2,3)20-12-14-21(15-13-20)33-17-18-8-10-19(11-9-18)23(29)26-27-24(30)22-7-5-6-16-28(22)34(4,31)32/h8-15,22H,5-7,16-17H2,1-4H3,(H,26,29)(H,27,30). The summed E-state index contributed by atoms with van der Waals surface area (Å²) in [5.74, 6) is -0.260. The third-order valence-electron chi connectivity index (χ3n) is 5.82. The smallest absolute Gasteiger partial charge is 0.269 e. The van der Waals surface area contributed by atoms with Gasteiger partial charge in [0.1, 0.15) is 18.4 Å². The van der Waals surface area contributed by atoms with Gasteiger partial charge in [-0.15, -0.1) is 0 Å². The number of amides is 2. The predicted molar refractivity (Wildman–Crippen MR) is 131 cm³/mol. The van der Waals surface area contributed by atoms with E-state index in [0.29, 0.717) is 31.6 Å².